The van der Waals surface area contributed by atoms with E-state index in [1.165, 1.54) is 0 Å². The van der Waals surface area contributed by atoms with Crippen molar-refractivity contribution in [2.75, 3.05) is 46.2 Å². The number of allylic oxidation sites excluding steroid dienone is 1. The minimum Gasteiger partial charge on any atom is -0.394 e. The van der Waals surface area contributed by atoms with Gasteiger partial charge >= 0.3 is 0 Å². The van der Waals surface area contributed by atoms with E-state index in [2.05, 4.69) is 26.8 Å². The molecule has 34 nitrogen and oxygen atoms in total. The number of hydrogen-bond donors (Lipinski definition) is 20. The molecule has 34 heteroatoms. The number of rotatable bonds is 17. The van der Waals surface area contributed by atoms with Crippen molar-refractivity contribution in [2.24, 2.45) is 46.3 Å². The standard InChI is InChI=1S/C62H100O34/c1-20-18-84-62(12-29(20)86-55-47(79)42(74)37(69)30(13-63)87-55)21(2)36-28(96-62)10-25-23-6-5-22-9-27(26(68)11-61(22,4)24(23)7-8-60(25,36)3)85-57-50(82)45(77)51(34(17-67)91-57)93-59-53(95-58-49(81)44(76)39(71)32(15-65)89-58)52(41(73)33(16-66)90-59)94-54-46(78)40(72)35(19-83-54)92-56-48(80)43(75)38(70)31(14-64)88-56/h5,20-21,23-59,63-82H,6-19H2,1-4H3/t20-,21-,23+,24-,25-,26+,27+,28-,29-,30+,31+,32+,33+,34+,35+,36-,37+,38+,39+,40-,41+,42-,43-,44-,45+,46+,47+,48+,49+,50+,51-,52-,53+,54-,55+,56-,57+,58-,59-,60-,61-,62+/m0/s1. The van der Waals surface area contributed by atoms with E-state index in [-0.39, 0.29) is 59.9 Å². The second-order valence-corrected chi connectivity index (χ2v) is 29.3. The minimum atomic E-state index is -2.13. The van der Waals surface area contributed by atoms with Crippen LogP contribution in [0.15, 0.2) is 11.6 Å². The van der Waals surface area contributed by atoms with Gasteiger partial charge in [-0.1, -0.05) is 39.3 Å². The second-order valence-electron chi connectivity index (χ2n) is 29.3. The molecule has 96 heavy (non-hydrogen) atoms. The Morgan fingerprint density at radius 1 is 0.458 bits per heavy atom. The average molecular weight is 1390 g/mol. The van der Waals surface area contributed by atoms with Gasteiger partial charge in [0.1, 0.15) is 140 Å². The normalized spacial score (nSPS) is 56.8. The van der Waals surface area contributed by atoms with Crippen LogP contribution in [-0.4, -0.2) is 357 Å². The molecule has 8 aliphatic heterocycles. The van der Waals surface area contributed by atoms with Gasteiger partial charge in [-0.25, -0.2) is 0 Å². The fourth-order valence-corrected chi connectivity index (χ4v) is 18.3. The van der Waals surface area contributed by atoms with Gasteiger partial charge in [0.05, 0.1) is 70.7 Å². The second kappa shape index (κ2) is 29.1. The van der Waals surface area contributed by atoms with E-state index in [1.54, 1.807) is 0 Å². The first-order valence-corrected chi connectivity index (χ1v) is 33.6. The van der Waals surface area contributed by atoms with E-state index < -0.39 is 247 Å². The van der Waals surface area contributed by atoms with Gasteiger partial charge < -0.3 is 168 Å². The Labute approximate surface area is 552 Å². The molecular formula is C62H100O34. The van der Waals surface area contributed by atoms with E-state index in [0.29, 0.717) is 13.0 Å². The highest BCUT2D eigenvalue weighted by molar-refractivity contribution is 5.28. The van der Waals surface area contributed by atoms with E-state index >= 15 is 0 Å². The molecular weight excluding hydrogens is 1290 g/mol. The van der Waals surface area contributed by atoms with Crippen LogP contribution in [0.5, 0.6) is 0 Å². The Morgan fingerprint density at radius 3 is 1.51 bits per heavy atom. The monoisotopic (exact) mass is 1390 g/mol. The first-order chi connectivity index (χ1) is 45.6. The molecule has 552 valence electrons. The van der Waals surface area contributed by atoms with Crippen LogP contribution in [-0.2, 0) is 66.3 Å². The fourth-order valence-electron chi connectivity index (χ4n) is 18.3. The van der Waals surface area contributed by atoms with Crippen molar-refractivity contribution >= 4 is 0 Å². The van der Waals surface area contributed by atoms with Crippen LogP contribution in [0.4, 0.5) is 0 Å². The summed E-state index contributed by atoms with van der Waals surface area (Å²) in [5.41, 5.74) is 0.416. The summed E-state index contributed by atoms with van der Waals surface area (Å²) in [5, 5.41) is 217. The molecule has 0 unspecified atom stereocenters. The third-order valence-electron chi connectivity index (χ3n) is 23.9. The van der Waals surface area contributed by atoms with E-state index in [0.717, 1.165) is 31.3 Å². The Balaban J connectivity index is 0.712. The Hall–Kier alpha value is -1.62. The van der Waals surface area contributed by atoms with Gasteiger partial charge in [-0.3, -0.25) is 0 Å². The SMILES string of the molecule is C[C@H]1CO[C@]2(C[C@@H]1O[C@@H]1O[C@H](CO)[C@@H](O)[C@H](O)[C@H]1O)O[C@H]1C[C@H]3[C@@H]4CC=C5C[C@@H](O[C@@H]6O[C@H](CO)[C@H](O[C@@H]7O[C@H](CO)[C@@H](O)[C@H](O[C@@H]8OC[C@@H](O[C@@H]9O[C@H](CO)[C@@H](O)[C@H](O)[C@H]9O)[C@H](O)[C@H]8O)[C@H]7O[C@@H]7O[C@H](CO)[C@@H](O)[C@H](O)[C@H]7O)[C@H](O)[C@H]6O)[C@H](O)C[C@]5(C)[C@H]4CC[C@]3(C)[C@H]1[C@@H]2C. The van der Waals surface area contributed by atoms with Crippen LogP contribution in [0.25, 0.3) is 0 Å². The summed E-state index contributed by atoms with van der Waals surface area (Å²) in [7, 11) is 0. The van der Waals surface area contributed by atoms with Crippen LogP contribution >= 0.6 is 0 Å². The Kier molecular flexibility index (Phi) is 22.5. The highest BCUT2D eigenvalue weighted by atomic mass is 16.8. The number of ether oxygens (including phenoxy) is 14. The Morgan fingerprint density at radius 2 is 0.938 bits per heavy atom. The molecule has 8 saturated heterocycles. The van der Waals surface area contributed by atoms with Crippen molar-refractivity contribution in [3.8, 4) is 0 Å². The molecule has 0 radical (unpaired) electrons. The van der Waals surface area contributed by atoms with Gasteiger partial charge in [0.25, 0.3) is 0 Å². The Bertz CT molecular complexity index is 2610. The quantitative estimate of drug-likeness (QED) is 0.0601. The molecule has 0 amide bonds. The molecule has 42 atom stereocenters. The third kappa shape index (κ3) is 13.0. The number of hydrogen-bond acceptors (Lipinski definition) is 34. The molecule has 12 aliphatic rings. The molecule has 11 fully saturated rings. The lowest BCUT2D eigenvalue weighted by atomic mass is 9.46. The molecule has 4 aliphatic carbocycles. The number of aliphatic hydroxyl groups is 20. The molecule has 0 aromatic rings. The summed E-state index contributed by atoms with van der Waals surface area (Å²) in [6, 6.07) is 0. The highest BCUT2D eigenvalue weighted by Crippen LogP contribution is 2.71. The largest absolute Gasteiger partial charge is 0.394 e. The minimum absolute atomic E-state index is 0.0742. The van der Waals surface area contributed by atoms with Gasteiger partial charge in [0.15, 0.2) is 43.5 Å². The summed E-state index contributed by atoms with van der Waals surface area (Å²) in [6.07, 6.45) is -48.7. The summed E-state index contributed by atoms with van der Waals surface area (Å²) >= 11 is 0. The van der Waals surface area contributed by atoms with Crippen molar-refractivity contribution in [3.63, 3.8) is 0 Å². The van der Waals surface area contributed by atoms with Crippen molar-refractivity contribution in [1.29, 1.82) is 0 Å². The van der Waals surface area contributed by atoms with Crippen molar-refractivity contribution in [3.05, 3.63) is 11.6 Å². The molecule has 1 spiro atoms. The zero-order chi connectivity index (χ0) is 69.1. The zero-order valence-corrected chi connectivity index (χ0v) is 53.7. The molecule has 12 rings (SSSR count). The van der Waals surface area contributed by atoms with Gasteiger partial charge in [-0.2, -0.15) is 0 Å². The van der Waals surface area contributed by atoms with E-state index in [9.17, 15) is 102 Å². The van der Waals surface area contributed by atoms with Crippen molar-refractivity contribution in [2.45, 2.75) is 281 Å². The van der Waals surface area contributed by atoms with Gasteiger partial charge in [0, 0.05) is 18.3 Å². The molecule has 0 aromatic heterocycles. The lowest BCUT2D eigenvalue weighted by Crippen LogP contribution is -2.68. The lowest BCUT2D eigenvalue weighted by Gasteiger charge is -2.59. The molecule has 0 bridgehead atoms. The zero-order valence-electron chi connectivity index (χ0n) is 53.7. The average Bonchev–Trinajstić information content (AvgIpc) is 1.49. The van der Waals surface area contributed by atoms with Crippen molar-refractivity contribution < 1.29 is 168 Å². The van der Waals surface area contributed by atoms with E-state index in [1.807, 2.05) is 6.92 Å². The summed E-state index contributed by atoms with van der Waals surface area (Å²) in [6.45, 7) is 3.99. The van der Waals surface area contributed by atoms with E-state index in [4.69, 9.17) is 66.3 Å². The maximum Gasteiger partial charge on any atom is 0.187 e. The fraction of sp³-hybridized carbons (Fsp3) is 0.968. The maximum atomic E-state index is 12.1. The van der Waals surface area contributed by atoms with Crippen molar-refractivity contribution in [1.82, 2.24) is 0 Å². The molecule has 0 aromatic carbocycles. The molecule has 8 heterocycles. The van der Waals surface area contributed by atoms with Crippen LogP contribution in [0.1, 0.15) is 72.6 Å². The first kappa shape index (κ1) is 74.1. The third-order valence-corrected chi connectivity index (χ3v) is 23.9. The summed E-state index contributed by atoms with van der Waals surface area (Å²) in [4.78, 5) is 0. The maximum absolute atomic E-state index is 12.1. The topological polar surface area (TPSA) is 534 Å². The van der Waals surface area contributed by atoms with Gasteiger partial charge in [-0.05, 0) is 73.0 Å². The van der Waals surface area contributed by atoms with Crippen LogP contribution in [0.3, 0.4) is 0 Å². The number of fused-ring (bicyclic) bond motifs is 7. The highest BCUT2D eigenvalue weighted by Gasteiger charge is 2.70. The predicted octanol–water partition coefficient (Wildman–Crippen LogP) is -8.76. The summed E-state index contributed by atoms with van der Waals surface area (Å²) < 4.78 is 85.1. The smallest absolute Gasteiger partial charge is 0.187 e. The first-order valence-electron chi connectivity index (χ1n) is 33.6. The van der Waals surface area contributed by atoms with Gasteiger partial charge in [0.2, 0.25) is 0 Å². The number of aliphatic hydroxyl groups excluding tert-OH is 20. The van der Waals surface area contributed by atoms with Crippen LogP contribution in [0, 0.1) is 46.3 Å². The van der Waals surface area contributed by atoms with Crippen LogP contribution < -0.4 is 0 Å². The lowest BCUT2D eigenvalue weighted by molar-refractivity contribution is -0.406. The molecule has 20 N–H and O–H groups in total. The molecule has 3 saturated carbocycles. The van der Waals surface area contributed by atoms with Crippen LogP contribution in [0.2, 0.25) is 0 Å². The predicted molar refractivity (Wildman–Crippen MR) is 310 cm³/mol. The van der Waals surface area contributed by atoms with Gasteiger partial charge in [-0.15, -0.1) is 0 Å². The summed E-state index contributed by atoms with van der Waals surface area (Å²) in [5.74, 6) is -0.475.